The molecule has 0 amide bonds. The monoisotopic (exact) mass is 425 g/mol. The lowest BCUT2D eigenvalue weighted by Gasteiger charge is -2.11. The number of carbonyl (C=O) groups excluding carboxylic acids is 1. The van der Waals surface area contributed by atoms with Crippen molar-refractivity contribution >= 4 is 27.6 Å². The third kappa shape index (κ3) is 6.22. The molecule has 2 rings (SSSR count). The van der Waals surface area contributed by atoms with Gasteiger partial charge in [0.25, 0.3) is 0 Å². The predicted octanol–water partition coefficient (Wildman–Crippen LogP) is 3.82. The molecule has 28 heavy (non-hydrogen) atoms. The molecule has 2 aromatic carbocycles. The van der Waals surface area contributed by atoms with Gasteiger partial charge in [0.2, 0.25) is 10.0 Å². The molecule has 0 radical (unpaired) electrons. The summed E-state index contributed by atoms with van der Waals surface area (Å²) in [5, 5.41) is 0.134. The Morgan fingerprint density at radius 1 is 1.18 bits per heavy atom. The van der Waals surface area contributed by atoms with Gasteiger partial charge in [0.1, 0.15) is 5.75 Å². The number of hydrogen-bond acceptors (Lipinski definition) is 5. The molecule has 0 bridgehead atoms. The first kappa shape index (κ1) is 22.2. The summed E-state index contributed by atoms with van der Waals surface area (Å²) < 4.78 is 37.8. The summed E-state index contributed by atoms with van der Waals surface area (Å²) in [6.45, 7) is 4.18. The van der Waals surface area contributed by atoms with Gasteiger partial charge in [-0.25, -0.2) is 17.9 Å². The first-order valence-electron chi connectivity index (χ1n) is 8.86. The SMILES string of the molecule is COC(=O)c1cc(S(=O)(=O)NCCCc2cccc(OC(C)C)c2)ccc1Cl. The minimum absolute atomic E-state index is 0.00834. The number of aryl methyl sites for hydroxylation is 1. The van der Waals surface area contributed by atoms with Gasteiger partial charge in [-0.1, -0.05) is 23.7 Å². The first-order valence-corrected chi connectivity index (χ1v) is 10.7. The van der Waals surface area contributed by atoms with Crippen LogP contribution in [-0.4, -0.2) is 34.1 Å². The summed E-state index contributed by atoms with van der Waals surface area (Å²) in [5.41, 5.74) is 1.07. The van der Waals surface area contributed by atoms with E-state index in [9.17, 15) is 13.2 Å². The number of methoxy groups -OCH3 is 1. The largest absolute Gasteiger partial charge is 0.491 e. The zero-order valence-electron chi connectivity index (χ0n) is 16.1. The standard InChI is InChI=1S/C20H24ClNO5S/c1-14(2)27-16-8-4-6-15(12-16)7-5-11-22-28(24,25)17-9-10-19(21)18(13-17)20(23)26-3/h4,6,8-10,12-14,22H,5,7,11H2,1-3H3. The Hall–Kier alpha value is -2.09. The topological polar surface area (TPSA) is 81.7 Å². The second kappa shape index (κ2) is 9.91. The fourth-order valence-electron chi connectivity index (χ4n) is 2.57. The van der Waals surface area contributed by atoms with Crippen LogP contribution in [0, 0.1) is 0 Å². The first-order chi connectivity index (χ1) is 13.2. The molecule has 0 atom stereocenters. The summed E-state index contributed by atoms with van der Waals surface area (Å²) in [7, 11) is -2.55. The van der Waals surface area contributed by atoms with Crippen molar-refractivity contribution in [3.8, 4) is 5.75 Å². The summed E-state index contributed by atoms with van der Waals surface area (Å²) >= 11 is 5.93. The van der Waals surface area contributed by atoms with Crippen molar-refractivity contribution < 1.29 is 22.7 Å². The van der Waals surface area contributed by atoms with E-state index >= 15 is 0 Å². The fraction of sp³-hybridized carbons (Fsp3) is 0.350. The zero-order chi connectivity index (χ0) is 20.7. The van der Waals surface area contributed by atoms with Crippen molar-refractivity contribution in [2.45, 2.75) is 37.7 Å². The van der Waals surface area contributed by atoms with Crippen LogP contribution in [0.15, 0.2) is 47.4 Å². The van der Waals surface area contributed by atoms with Crippen LogP contribution in [0.3, 0.4) is 0 Å². The van der Waals surface area contributed by atoms with Crippen molar-refractivity contribution in [1.82, 2.24) is 4.72 Å². The molecule has 0 heterocycles. The molecule has 0 spiro atoms. The van der Waals surface area contributed by atoms with E-state index < -0.39 is 16.0 Å². The number of ether oxygens (including phenoxy) is 2. The minimum Gasteiger partial charge on any atom is -0.491 e. The van der Waals surface area contributed by atoms with Crippen molar-refractivity contribution in [3.63, 3.8) is 0 Å². The van der Waals surface area contributed by atoms with Crippen LogP contribution in [0.2, 0.25) is 5.02 Å². The Morgan fingerprint density at radius 2 is 1.93 bits per heavy atom. The van der Waals surface area contributed by atoms with E-state index in [4.69, 9.17) is 16.3 Å². The molecule has 6 nitrogen and oxygen atoms in total. The number of carbonyl (C=O) groups is 1. The van der Waals surface area contributed by atoms with Crippen molar-refractivity contribution in [2.75, 3.05) is 13.7 Å². The molecule has 0 saturated heterocycles. The minimum atomic E-state index is -3.76. The highest BCUT2D eigenvalue weighted by Crippen LogP contribution is 2.21. The number of sulfonamides is 1. The van der Waals surface area contributed by atoms with E-state index in [1.165, 1.54) is 25.3 Å². The predicted molar refractivity (Wildman–Crippen MR) is 109 cm³/mol. The summed E-state index contributed by atoms with van der Waals surface area (Å²) in [4.78, 5) is 11.7. The molecule has 152 valence electrons. The van der Waals surface area contributed by atoms with Gasteiger partial charge in [0.05, 0.1) is 28.7 Å². The molecule has 1 N–H and O–H groups in total. The Balaban J connectivity index is 1.96. The second-order valence-electron chi connectivity index (χ2n) is 6.45. The third-order valence-corrected chi connectivity index (χ3v) is 5.65. The maximum atomic E-state index is 12.5. The molecule has 2 aromatic rings. The molecule has 0 aliphatic carbocycles. The number of hydrogen-bond donors (Lipinski definition) is 1. The smallest absolute Gasteiger partial charge is 0.339 e. The van der Waals surface area contributed by atoms with Crippen LogP contribution in [-0.2, 0) is 21.2 Å². The van der Waals surface area contributed by atoms with Gasteiger partial charge in [-0.05, 0) is 62.6 Å². The van der Waals surface area contributed by atoms with Crippen LogP contribution in [0.5, 0.6) is 5.75 Å². The van der Waals surface area contributed by atoms with E-state index in [0.29, 0.717) is 12.8 Å². The van der Waals surface area contributed by atoms with Crippen molar-refractivity contribution in [1.29, 1.82) is 0 Å². The molecule has 0 saturated carbocycles. The van der Waals surface area contributed by atoms with Crippen LogP contribution < -0.4 is 9.46 Å². The highest BCUT2D eigenvalue weighted by molar-refractivity contribution is 7.89. The van der Waals surface area contributed by atoms with Gasteiger partial charge in [-0.2, -0.15) is 0 Å². The highest BCUT2D eigenvalue weighted by Gasteiger charge is 2.18. The molecule has 0 unspecified atom stereocenters. The highest BCUT2D eigenvalue weighted by atomic mass is 35.5. The average molecular weight is 426 g/mol. The van der Waals surface area contributed by atoms with Gasteiger partial charge in [0.15, 0.2) is 0 Å². The maximum Gasteiger partial charge on any atom is 0.339 e. The molecule has 0 aliphatic rings. The van der Waals surface area contributed by atoms with E-state index in [0.717, 1.165) is 11.3 Å². The molecular formula is C20H24ClNO5S. The van der Waals surface area contributed by atoms with Gasteiger partial charge in [-0.3, -0.25) is 0 Å². The zero-order valence-corrected chi connectivity index (χ0v) is 17.6. The van der Waals surface area contributed by atoms with Crippen LogP contribution in [0.25, 0.3) is 0 Å². The maximum absolute atomic E-state index is 12.5. The molecular weight excluding hydrogens is 402 g/mol. The molecule has 0 aromatic heterocycles. The number of nitrogens with one attached hydrogen (secondary N) is 1. The van der Waals surface area contributed by atoms with Crippen LogP contribution in [0.1, 0.15) is 36.2 Å². The summed E-state index contributed by atoms with van der Waals surface area (Å²) in [6, 6.07) is 11.7. The number of rotatable bonds is 9. The van der Waals surface area contributed by atoms with Crippen LogP contribution >= 0.6 is 11.6 Å². The van der Waals surface area contributed by atoms with Gasteiger partial charge >= 0.3 is 5.97 Å². The van der Waals surface area contributed by atoms with E-state index in [2.05, 4.69) is 9.46 Å². The quantitative estimate of drug-likeness (QED) is 0.487. The van der Waals surface area contributed by atoms with E-state index in [1.807, 2.05) is 38.1 Å². The molecule has 0 aliphatic heterocycles. The number of esters is 1. The van der Waals surface area contributed by atoms with Gasteiger partial charge in [-0.15, -0.1) is 0 Å². The lowest BCUT2D eigenvalue weighted by molar-refractivity contribution is 0.0600. The van der Waals surface area contributed by atoms with E-state index in [1.54, 1.807) is 0 Å². The Labute approximate surface area is 170 Å². The Kier molecular flexibility index (Phi) is 7.86. The van der Waals surface area contributed by atoms with E-state index in [-0.39, 0.29) is 28.1 Å². The lowest BCUT2D eigenvalue weighted by Crippen LogP contribution is -2.25. The normalized spacial score (nSPS) is 11.5. The average Bonchev–Trinajstić information content (AvgIpc) is 2.64. The fourth-order valence-corrected chi connectivity index (χ4v) is 3.86. The molecule has 8 heteroatoms. The van der Waals surface area contributed by atoms with Gasteiger partial charge < -0.3 is 9.47 Å². The Bertz CT molecular complexity index is 928. The lowest BCUT2D eigenvalue weighted by atomic mass is 10.1. The number of halogens is 1. The van der Waals surface area contributed by atoms with Gasteiger partial charge in [0, 0.05) is 6.54 Å². The van der Waals surface area contributed by atoms with Crippen LogP contribution in [0.4, 0.5) is 0 Å². The number of benzene rings is 2. The second-order valence-corrected chi connectivity index (χ2v) is 8.62. The Morgan fingerprint density at radius 3 is 2.61 bits per heavy atom. The summed E-state index contributed by atoms with van der Waals surface area (Å²) in [6.07, 6.45) is 1.41. The van der Waals surface area contributed by atoms with Crippen molar-refractivity contribution in [2.24, 2.45) is 0 Å². The third-order valence-electron chi connectivity index (χ3n) is 3.86. The summed E-state index contributed by atoms with van der Waals surface area (Å²) in [5.74, 6) is 0.107. The van der Waals surface area contributed by atoms with Crippen molar-refractivity contribution in [3.05, 3.63) is 58.6 Å². The molecule has 0 fully saturated rings.